The van der Waals surface area contributed by atoms with Crippen molar-refractivity contribution in [2.75, 3.05) is 26.2 Å². The zero-order chi connectivity index (χ0) is 18.4. The van der Waals surface area contributed by atoms with E-state index in [0.29, 0.717) is 23.3 Å². The van der Waals surface area contributed by atoms with E-state index in [-0.39, 0.29) is 0 Å². The van der Waals surface area contributed by atoms with Crippen molar-refractivity contribution < 1.29 is 4.42 Å². The molecule has 1 N–H and O–H groups in total. The van der Waals surface area contributed by atoms with Gasteiger partial charge in [0.1, 0.15) is 19.6 Å². The number of nitrogens with zero attached hydrogens (tertiary/aromatic N) is 1. The number of para-hydroxylation sites is 1. The molecule has 1 aliphatic heterocycles. The van der Waals surface area contributed by atoms with Crippen LogP contribution < -0.4 is 5.32 Å². The molecule has 1 saturated heterocycles. The summed E-state index contributed by atoms with van der Waals surface area (Å²) in [6, 6.07) is 10.8. The fraction of sp³-hybridized carbons (Fsp3) is 0.478. The van der Waals surface area contributed by atoms with Crippen LogP contribution in [0.5, 0.6) is 0 Å². The van der Waals surface area contributed by atoms with Crippen LogP contribution in [0.1, 0.15) is 18.1 Å². The number of hydrogen-bond donors (Lipinski definition) is 1. The van der Waals surface area contributed by atoms with Crippen LogP contribution in [0.15, 0.2) is 59.1 Å². The number of furan rings is 1. The van der Waals surface area contributed by atoms with E-state index < -0.39 is 8.24 Å². The maximum absolute atomic E-state index is 6.41. The maximum Gasteiger partial charge on any atom is 0.134 e. The maximum atomic E-state index is 6.41. The molecule has 2 aliphatic carbocycles. The van der Waals surface area contributed by atoms with Crippen molar-refractivity contribution in [1.29, 1.82) is 0 Å². The molecule has 5 rings (SSSR count). The van der Waals surface area contributed by atoms with Crippen molar-refractivity contribution in [1.82, 2.24) is 9.88 Å². The molecule has 1 saturated carbocycles. The average molecular weight is 379 g/mol. The molecule has 1 aromatic heterocycles. The molecular weight excluding hydrogens is 348 g/mol. The van der Waals surface area contributed by atoms with Crippen LogP contribution in [0, 0.1) is 11.8 Å². The van der Waals surface area contributed by atoms with E-state index in [1.165, 1.54) is 30.7 Å². The Kier molecular flexibility index (Phi) is 4.38. The summed E-state index contributed by atoms with van der Waals surface area (Å²) in [7, 11) is -1.62. The van der Waals surface area contributed by atoms with Gasteiger partial charge in [0.15, 0.2) is 0 Å². The number of piperazine rings is 1. The Morgan fingerprint density at radius 1 is 1.07 bits per heavy atom. The lowest BCUT2D eigenvalue weighted by Crippen LogP contribution is -2.60. The van der Waals surface area contributed by atoms with Gasteiger partial charge in [-0.1, -0.05) is 55.6 Å². The molecule has 1 aromatic carbocycles. The second-order valence-electron chi connectivity index (χ2n) is 8.96. The molecule has 4 unspecified atom stereocenters. The zero-order valence-corrected chi connectivity index (χ0v) is 17.4. The Bertz CT molecular complexity index is 844. The molecule has 4 atom stereocenters. The topological polar surface area (TPSA) is 28.4 Å². The molecule has 2 fully saturated rings. The van der Waals surface area contributed by atoms with Gasteiger partial charge in [0.2, 0.25) is 0 Å². The van der Waals surface area contributed by atoms with E-state index in [4.69, 9.17) is 4.42 Å². The highest BCUT2D eigenvalue weighted by atomic mass is 28.3. The molecule has 3 nitrogen and oxygen atoms in total. The van der Waals surface area contributed by atoms with E-state index in [2.05, 4.69) is 77.6 Å². The highest BCUT2D eigenvalue weighted by Crippen LogP contribution is 2.58. The minimum Gasteiger partial charge on any atom is -0.461 e. The summed E-state index contributed by atoms with van der Waals surface area (Å²) in [5, 5.41) is 4.78. The lowest BCUT2D eigenvalue weighted by Gasteiger charge is -2.47. The molecule has 0 radical (unpaired) electrons. The molecule has 4 heteroatoms. The Balaban J connectivity index is 1.55. The third kappa shape index (κ3) is 2.95. The number of hydrogen-bond acceptors (Lipinski definition) is 3. The van der Waals surface area contributed by atoms with Gasteiger partial charge in [-0.3, -0.25) is 0 Å². The molecule has 2 aromatic rings. The molecule has 3 aliphatic rings. The SMILES string of the molecule is C[Si](C)(C1C(c2cc3ccccc3o2)CC2C=CC=CC21)N1CCNCC1. The summed E-state index contributed by atoms with van der Waals surface area (Å²) in [5.41, 5.74) is 1.73. The summed E-state index contributed by atoms with van der Waals surface area (Å²) < 4.78 is 9.26. The molecular formula is C23H30N2OSi. The largest absolute Gasteiger partial charge is 0.461 e. The van der Waals surface area contributed by atoms with Crippen molar-refractivity contribution in [3.8, 4) is 0 Å². The van der Waals surface area contributed by atoms with E-state index in [1.807, 2.05) is 0 Å². The highest BCUT2D eigenvalue weighted by Gasteiger charge is 2.53. The number of benzene rings is 1. The summed E-state index contributed by atoms with van der Waals surface area (Å²) in [4.78, 5) is 0. The second kappa shape index (κ2) is 6.76. The standard InChI is InChI=1S/C23H30N2OSi/c1-27(2,25-13-11-24-12-14-25)23-19-9-5-3-7-17(19)15-20(23)22-16-18-8-4-6-10-21(18)26-22/h3-10,16-17,19-20,23-24H,11-15H2,1-2H3. The first-order chi connectivity index (χ1) is 13.1. The molecule has 142 valence electrons. The Hall–Kier alpha value is -1.62. The fourth-order valence-electron chi connectivity index (χ4n) is 5.89. The minimum absolute atomic E-state index is 0.524. The number of rotatable bonds is 3. The van der Waals surface area contributed by atoms with Crippen LogP contribution in [-0.4, -0.2) is 39.0 Å². The van der Waals surface area contributed by atoms with Crippen molar-refractivity contribution >= 4 is 19.2 Å². The summed E-state index contributed by atoms with van der Waals surface area (Å²) in [5.74, 6) is 3.06. The Morgan fingerprint density at radius 3 is 2.67 bits per heavy atom. The van der Waals surface area contributed by atoms with Gasteiger partial charge in [-0.15, -0.1) is 0 Å². The third-order valence-electron chi connectivity index (χ3n) is 7.23. The van der Waals surface area contributed by atoms with Crippen molar-refractivity contribution in [3.05, 3.63) is 60.4 Å². The van der Waals surface area contributed by atoms with E-state index in [0.717, 1.165) is 18.7 Å². The first kappa shape index (κ1) is 17.5. The fourth-order valence-corrected chi connectivity index (χ4v) is 10.3. The Morgan fingerprint density at radius 2 is 1.85 bits per heavy atom. The lowest BCUT2D eigenvalue weighted by atomic mass is 9.92. The van der Waals surface area contributed by atoms with Crippen molar-refractivity contribution in [2.45, 2.75) is 31.0 Å². The third-order valence-corrected chi connectivity index (χ3v) is 11.7. The zero-order valence-electron chi connectivity index (χ0n) is 16.4. The normalized spacial score (nSPS) is 31.5. The minimum atomic E-state index is -1.62. The van der Waals surface area contributed by atoms with E-state index >= 15 is 0 Å². The van der Waals surface area contributed by atoms with Crippen LogP contribution in [0.2, 0.25) is 18.6 Å². The van der Waals surface area contributed by atoms with Gasteiger partial charge >= 0.3 is 0 Å². The average Bonchev–Trinajstić information content (AvgIpc) is 3.30. The van der Waals surface area contributed by atoms with Crippen LogP contribution in [0.3, 0.4) is 0 Å². The number of allylic oxidation sites excluding steroid dienone is 4. The van der Waals surface area contributed by atoms with Gasteiger partial charge in [0, 0.05) is 37.5 Å². The van der Waals surface area contributed by atoms with E-state index in [1.54, 1.807) is 0 Å². The van der Waals surface area contributed by atoms with Crippen LogP contribution >= 0.6 is 0 Å². The second-order valence-corrected chi connectivity index (χ2v) is 13.6. The monoisotopic (exact) mass is 378 g/mol. The summed E-state index contributed by atoms with van der Waals surface area (Å²) in [6.45, 7) is 9.85. The number of nitrogens with one attached hydrogen (secondary N) is 1. The summed E-state index contributed by atoms with van der Waals surface area (Å²) in [6.07, 6.45) is 10.7. The first-order valence-corrected chi connectivity index (χ1v) is 13.5. The van der Waals surface area contributed by atoms with E-state index in [9.17, 15) is 0 Å². The van der Waals surface area contributed by atoms with Crippen LogP contribution in [0.4, 0.5) is 0 Å². The quantitative estimate of drug-likeness (QED) is 0.781. The molecule has 27 heavy (non-hydrogen) atoms. The molecule has 0 amide bonds. The number of fused-ring (bicyclic) bond motifs is 2. The van der Waals surface area contributed by atoms with Crippen molar-refractivity contribution in [2.24, 2.45) is 11.8 Å². The van der Waals surface area contributed by atoms with Gasteiger partial charge in [-0.25, -0.2) is 0 Å². The van der Waals surface area contributed by atoms with Gasteiger partial charge in [0.05, 0.1) is 0 Å². The van der Waals surface area contributed by atoms with Gasteiger partial charge in [-0.05, 0) is 35.9 Å². The molecule has 2 heterocycles. The van der Waals surface area contributed by atoms with Crippen molar-refractivity contribution in [3.63, 3.8) is 0 Å². The van der Waals surface area contributed by atoms with Gasteiger partial charge in [0.25, 0.3) is 0 Å². The van der Waals surface area contributed by atoms with Gasteiger partial charge < -0.3 is 14.3 Å². The highest BCUT2D eigenvalue weighted by molar-refractivity contribution is 6.76. The molecule has 0 spiro atoms. The first-order valence-electron chi connectivity index (χ1n) is 10.4. The smallest absolute Gasteiger partial charge is 0.134 e. The summed E-state index contributed by atoms with van der Waals surface area (Å²) >= 11 is 0. The molecule has 0 bridgehead atoms. The van der Waals surface area contributed by atoms with Crippen LogP contribution in [-0.2, 0) is 0 Å². The predicted molar refractivity (Wildman–Crippen MR) is 115 cm³/mol. The predicted octanol–water partition coefficient (Wildman–Crippen LogP) is 4.76. The van der Waals surface area contributed by atoms with Crippen LogP contribution in [0.25, 0.3) is 11.0 Å². The lowest BCUT2D eigenvalue weighted by molar-refractivity contribution is 0.342. The Labute approximate surface area is 163 Å². The van der Waals surface area contributed by atoms with Gasteiger partial charge in [-0.2, -0.15) is 0 Å².